The number of aromatic amines is 1. The molecule has 0 saturated carbocycles. The van der Waals surface area contributed by atoms with Crippen molar-refractivity contribution in [3.8, 4) is 18.1 Å². The lowest BCUT2D eigenvalue weighted by molar-refractivity contribution is -0.205. The van der Waals surface area contributed by atoms with Gasteiger partial charge < -0.3 is 19.5 Å². The molecule has 1 unspecified atom stereocenters. The molecular formula is C18H15F2N2O9P. The van der Waals surface area contributed by atoms with Crippen molar-refractivity contribution in [1.82, 2.24) is 9.55 Å². The third-order valence-electron chi connectivity index (χ3n) is 4.43. The molecule has 3 heterocycles. The predicted octanol–water partition coefficient (Wildman–Crippen LogP) is 0.307. The fraction of sp³-hybridized carbons (Fsp3) is 0.333. The van der Waals surface area contributed by atoms with Crippen molar-refractivity contribution in [1.29, 1.82) is 0 Å². The van der Waals surface area contributed by atoms with Crippen LogP contribution in [0.2, 0.25) is 0 Å². The van der Waals surface area contributed by atoms with Gasteiger partial charge in [0, 0.05) is 11.8 Å². The number of aliphatic hydroxyl groups is 2. The molecule has 1 saturated heterocycles. The van der Waals surface area contributed by atoms with Crippen molar-refractivity contribution < 1.29 is 46.0 Å². The molecule has 0 radical (unpaired) electrons. The Balaban J connectivity index is 1.69. The zero-order chi connectivity index (χ0) is 26.0. The maximum atomic E-state index is 15.8. The van der Waals surface area contributed by atoms with E-state index in [1.54, 1.807) is 4.98 Å². The zero-order valence-electron chi connectivity index (χ0n) is 18.7. The maximum absolute atomic E-state index is 15.8. The number of aromatic nitrogens is 2. The fourth-order valence-corrected chi connectivity index (χ4v) is 3.93. The number of nitrogens with one attached hydrogen (secondary N) is 1. The lowest BCUT2D eigenvalue weighted by atomic mass is 10.1. The lowest BCUT2D eigenvalue weighted by Gasteiger charge is -2.28. The van der Waals surface area contributed by atoms with E-state index in [9.17, 15) is 28.8 Å². The first-order valence-corrected chi connectivity index (χ1v) is 10.1. The van der Waals surface area contributed by atoms with Crippen LogP contribution in [0.5, 0.6) is 5.75 Å². The number of H-pyrrole nitrogens is 1. The van der Waals surface area contributed by atoms with Crippen LogP contribution in [0.4, 0.5) is 8.78 Å². The summed E-state index contributed by atoms with van der Waals surface area (Å²) in [6.45, 7) is -4.54. The van der Waals surface area contributed by atoms with Crippen LogP contribution in [-0.4, -0.2) is 44.4 Å². The molecule has 1 fully saturated rings. The Morgan fingerprint density at radius 1 is 1.50 bits per heavy atom. The molecule has 1 aromatic carbocycles. The van der Waals surface area contributed by atoms with Gasteiger partial charge in [-0.15, -0.1) is 6.42 Å². The van der Waals surface area contributed by atoms with Crippen LogP contribution >= 0.6 is 7.82 Å². The summed E-state index contributed by atoms with van der Waals surface area (Å²) in [6, 6.07) is 2.95. The van der Waals surface area contributed by atoms with E-state index in [1.165, 1.54) is 0 Å². The van der Waals surface area contributed by atoms with Crippen molar-refractivity contribution in [2.24, 2.45) is 0 Å². The number of hydrogen-bond donors (Lipinski definition) is 3. The summed E-state index contributed by atoms with van der Waals surface area (Å²) in [4.78, 5) is 25.6. The second kappa shape index (κ2) is 7.93. The fourth-order valence-electron chi connectivity index (χ4n) is 2.83. The summed E-state index contributed by atoms with van der Waals surface area (Å²) >= 11 is 0. The molecule has 11 nitrogen and oxygen atoms in total. The molecule has 2 aliphatic rings. The van der Waals surface area contributed by atoms with Gasteiger partial charge in [0.15, 0.2) is 6.20 Å². The van der Waals surface area contributed by atoms with E-state index in [4.69, 9.17) is 24.3 Å². The topological polar surface area (TPSA) is 149 Å². The minimum atomic E-state index is -4.98. The average Bonchev–Trinajstić information content (AvgIpc) is 2.95. The Morgan fingerprint density at radius 2 is 2.25 bits per heavy atom. The van der Waals surface area contributed by atoms with Crippen LogP contribution < -0.4 is 15.8 Å². The molecule has 0 aliphatic carbocycles. The number of ether oxygens (including phenoxy) is 1. The van der Waals surface area contributed by atoms with Gasteiger partial charge in [0.1, 0.15) is 35.9 Å². The van der Waals surface area contributed by atoms with Crippen molar-refractivity contribution in [2.75, 3.05) is 6.56 Å². The van der Waals surface area contributed by atoms with Gasteiger partial charge in [-0.3, -0.25) is 23.4 Å². The second-order valence-electron chi connectivity index (χ2n) is 6.55. The molecular weight excluding hydrogens is 457 g/mol. The molecule has 5 atom stereocenters. The van der Waals surface area contributed by atoms with E-state index in [0.29, 0.717) is 6.20 Å². The third-order valence-corrected chi connectivity index (χ3v) is 5.61. The number of rotatable bonds is 4. The van der Waals surface area contributed by atoms with Crippen molar-refractivity contribution >= 4 is 7.82 Å². The Morgan fingerprint density at radius 3 is 2.97 bits per heavy atom. The van der Waals surface area contributed by atoms with Gasteiger partial charge in [0.2, 0.25) is 0 Å². The van der Waals surface area contributed by atoms with Gasteiger partial charge in [-0.25, -0.2) is 18.1 Å². The van der Waals surface area contributed by atoms with Crippen molar-refractivity contribution in [3.63, 3.8) is 0 Å². The van der Waals surface area contributed by atoms with E-state index in [-0.39, 0.29) is 15.9 Å². The normalized spacial score (nSPS) is 35.7. The molecule has 2 aliphatic heterocycles. The minimum Gasteiger partial charge on any atom is -0.404 e. The average molecular weight is 475 g/mol. The van der Waals surface area contributed by atoms with E-state index >= 15 is 4.39 Å². The first-order chi connectivity index (χ1) is 16.2. The Bertz CT molecular complexity index is 1410. The van der Waals surface area contributed by atoms with E-state index in [2.05, 4.69) is 4.52 Å². The van der Waals surface area contributed by atoms with Crippen LogP contribution in [0.25, 0.3) is 0 Å². The first-order valence-electron chi connectivity index (χ1n) is 10.2. The van der Waals surface area contributed by atoms with Crippen LogP contribution in [0.1, 0.15) is 21.4 Å². The maximum Gasteiger partial charge on any atom is 0.530 e. The standard InChI is InChI=1S/C18H15F2N2O9P/c1-2-9-6-22(17(26)21-15(9)25)16-13(23)14(24)18(20,30-16)8-29-32(27)28-7-10-5-11(19)3-4-12(10)31-32/h1,3-6,13-14,16,23-24H,7-8H2,(H,21,25,26)/t13-,14+,16-,18-,32?/m1/s1/i8D2,16D. The molecule has 32 heavy (non-hydrogen) atoms. The third kappa shape index (κ3) is 3.88. The highest BCUT2D eigenvalue weighted by molar-refractivity contribution is 7.49. The molecule has 0 bridgehead atoms. The molecule has 0 spiro atoms. The molecule has 14 heteroatoms. The van der Waals surface area contributed by atoms with E-state index in [1.807, 2.05) is 5.92 Å². The van der Waals surface area contributed by atoms with Gasteiger partial charge in [-0.05, 0) is 18.2 Å². The first kappa shape index (κ1) is 18.7. The van der Waals surface area contributed by atoms with Crippen LogP contribution in [-0.2, 0) is 25.0 Å². The van der Waals surface area contributed by atoms with Crippen LogP contribution in [0.3, 0.4) is 0 Å². The van der Waals surface area contributed by atoms with Crippen LogP contribution in [0, 0.1) is 18.2 Å². The largest absolute Gasteiger partial charge is 0.530 e. The smallest absolute Gasteiger partial charge is 0.404 e. The summed E-state index contributed by atoms with van der Waals surface area (Å²) in [5, 5.41) is 20.6. The monoisotopic (exact) mass is 475 g/mol. The van der Waals surface area contributed by atoms with Crippen molar-refractivity contribution in [2.45, 2.75) is 30.9 Å². The summed E-state index contributed by atoms with van der Waals surface area (Å²) in [5.41, 5.74) is -2.94. The molecule has 0 amide bonds. The molecule has 3 N–H and O–H groups in total. The molecule has 170 valence electrons. The SMILES string of the molecule is [2H]C([2H])(OP1(=O)OCc2cc(F)ccc2O1)[C@@]1(F)O[C@@]([2H])(n2cc(C#C)c(=O)[nH]c2=O)[C@H](O)[C@@H]1O. The van der Waals surface area contributed by atoms with E-state index in [0.717, 1.165) is 18.2 Å². The molecule has 4 rings (SSSR count). The quantitative estimate of drug-likeness (QED) is 0.419. The highest BCUT2D eigenvalue weighted by Crippen LogP contribution is 2.55. The second-order valence-corrected chi connectivity index (χ2v) is 8.07. The highest BCUT2D eigenvalue weighted by atomic mass is 31.2. The minimum absolute atomic E-state index is 0.0788. The summed E-state index contributed by atoms with van der Waals surface area (Å²) < 4.78 is 85.4. The molecule has 2 aromatic rings. The highest BCUT2D eigenvalue weighted by Gasteiger charge is 2.57. The number of phosphoric acid groups is 1. The Kier molecular flexibility index (Phi) is 4.63. The van der Waals surface area contributed by atoms with Gasteiger partial charge in [-0.2, -0.15) is 0 Å². The lowest BCUT2D eigenvalue weighted by Crippen LogP contribution is -2.43. The Hall–Kier alpha value is -2.85. The number of hydrogen-bond acceptors (Lipinski definition) is 9. The summed E-state index contributed by atoms with van der Waals surface area (Å²) in [7, 11) is -4.98. The number of nitrogens with zero attached hydrogens (tertiary/aromatic N) is 1. The number of benzene rings is 1. The molecule has 1 aromatic heterocycles. The number of terminal acetylenes is 1. The van der Waals surface area contributed by atoms with Gasteiger partial charge >= 0.3 is 13.5 Å². The van der Waals surface area contributed by atoms with Gasteiger partial charge in [-0.1, -0.05) is 5.92 Å². The van der Waals surface area contributed by atoms with Gasteiger partial charge in [0.05, 0.1) is 10.7 Å². The van der Waals surface area contributed by atoms with Gasteiger partial charge in [0.25, 0.3) is 11.4 Å². The Labute approximate surface area is 182 Å². The van der Waals surface area contributed by atoms with E-state index < -0.39 is 67.9 Å². The number of aliphatic hydroxyl groups excluding tert-OH is 2. The number of fused-ring (bicyclic) bond motifs is 1. The number of alkyl halides is 1. The zero-order valence-corrected chi connectivity index (χ0v) is 16.5. The summed E-state index contributed by atoms with van der Waals surface area (Å²) in [6.07, 6.45) is -3.19. The predicted molar refractivity (Wildman–Crippen MR) is 101 cm³/mol. The van der Waals surface area contributed by atoms with Crippen molar-refractivity contribution in [3.05, 3.63) is 62.2 Å². The number of halogens is 2. The summed E-state index contributed by atoms with van der Waals surface area (Å²) in [5.74, 6) is -3.19. The van der Waals surface area contributed by atoms with Crippen LogP contribution in [0.15, 0.2) is 34.0 Å². The number of phosphoric ester groups is 1.